The van der Waals surface area contributed by atoms with Gasteiger partial charge in [0.1, 0.15) is 9.88 Å². The fourth-order valence-corrected chi connectivity index (χ4v) is 2.22. The van der Waals surface area contributed by atoms with E-state index in [2.05, 4.69) is 10.3 Å². The van der Waals surface area contributed by atoms with Crippen LogP contribution in [-0.2, 0) is 11.3 Å². The fourth-order valence-electron chi connectivity index (χ4n) is 1.37. The molecule has 0 saturated carbocycles. The normalized spacial score (nSPS) is 12.2. The maximum absolute atomic E-state index is 11.5. The molecule has 1 atom stereocenters. The number of aromatic nitrogens is 1. The van der Waals surface area contributed by atoms with Crippen LogP contribution >= 0.6 is 11.3 Å². The number of rotatable bonds is 6. The molecule has 0 saturated heterocycles. The molecule has 1 unspecified atom stereocenters. The Kier molecular flexibility index (Phi) is 5.24. The minimum absolute atomic E-state index is 0.0994. The third kappa shape index (κ3) is 4.08. The first-order chi connectivity index (χ1) is 8.43. The van der Waals surface area contributed by atoms with E-state index in [1.807, 2.05) is 6.92 Å². The van der Waals surface area contributed by atoms with Crippen molar-refractivity contribution in [2.24, 2.45) is 11.7 Å². The third-order valence-electron chi connectivity index (χ3n) is 2.41. The Morgan fingerprint density at radius 2 is 2.22 bits per heavy atom. The molecule has 0 aliphatic heterocycles. The number of hydrogen-bond acceptors (Lipinski definition) is 5. The molecule has 0 aromatic carbocycles. The maximum atomic E-state index is 11.5. The van der Waals surface area contributed by atoms with E-state index in [0.29, 0.717) is 23.7 Å². The molecular formula is C11H17N3O3S. The Labute approximate surface area is 109 Å². The van der Waals surface area contributed by atoms with Gasteiger partial charge < -0.3 is 16.2 Å². The number of nitrogens with zero attached hydrogens (tertiary/aromatic N) is 1. The first-order valence-corrected chi connectivity index (χ1v) is 6.42. The van der Waals surface area contributed by atoms with Crippen LogP contribution in [0.5, 0.6) is 0 Å². The van der Waals surface area contributed by atoms with Gasteiger partial charge in [-0.1, -0.05) is 6.92 Å². The quantitative estimate of drug-likeness (QED) is 0.708. The highest BCUT2D eigenvalue weighted by molar-refractivity contribution is 7.13. The van der Waals surface area contributed by atoms with Crippen molar-refractivity contribution < 1.29 is 14.7 Å². The van der Waals surface area contributed by atoms with Crippen LogP contribution in [0.25, 0.3) is 0 Å². The van der Waals surface area contributed by atoms with Crippen molar-refractivity contribution in [1.82, 2.24) is 10.3 Å². The lowest BCUT2D eigenvalue weighted by Crippen LogP contribution is -2.26. The van der Waals surface area contributed by atoms with Gasteiger partial charge >= 0.3 is 5.97 Å². The summed E-state index contributed by atoms with van der Waals surface area (Å²) in [6, 6.07) is 0. The molecule has 1 aromatic rings. The van der Waals surface area contributed by atoms with E-state index < -0.39 is 5.97 Å². The lowest BCUT2D eigenvalue weighted by molar-refractivity contribution is -0.122. The summed E-state index contributed by atoms with van der Waals surface area (Å²) in [6.45, 7) is 4.26. The highest BCUT2D eigenvalue weighted by Crippen LogP contribution is 2.17. The fraction of sp³-hybridized carbons (Fsp3) is 0.545. The molecule has 1 amide bonds. The van der Waals surface area contributed by atoms with Crippen molar-refractivity contribution in [3.63, 3.8) is 0 Å². The topological polar surface area (TPSA) is 105 Å². The zero-order chi connectivity index (χ0) is 13.7. The number of carboxylic acids is 1. The molecule has 0 fully saturated rings. The van der Waals surface area contributed by atoms with Crippen LogP contribution in [-0.4, -0.2) is 28.5 Å². The molecule has 7 heteroatoms. The summed E-state index contributed by atoms with van der Waals surface area (Å²) in [7, 11) is 0. The van der Waals surface area contributed by atoms with Gasteiger partial charge in [0.2, 0.25) is 5.91 Å². The van der Waals surface area contributed by atoms with E-state index in [9.17, 15) is 9.59 Å². The second-order valence-electron chi connectivity index (χ2n) is 4.15. The number of carbonyl (C=O) groups is 2. The average molecular weight is 271 g/mol. The highest BCUT2D eigenvalue weighted by Gasteiger charge is 2.14. The van der Waals surface area contributed by atoms with E-state index in [-0.39, 0.29) is 23.2 Å². The van der Waals surface area contributed by atoms with Crippen LogP contribution in [0.1, 0.15) is 33.7 Å². The van der Waals surface area contributed by atoms with Gasteiger partial charge in [0.15, 0.2) is 0 Å². The predicted octanol–water partition coefficient (Wildman–Crippen LogP) is 0.751. The van der Waals surface area contributed by atoms with E-state index in [1.165, 1.54) is 0 Å². The van der Waals surface area contributed by atoms with E-state index in [1.54, 1.807) is 6.92 Å². The molecule has 100 valence electrons. The Bertz CT molecular complexity index is 445. The van der Waals surface area contributed by atoms with Crippen LogP contribution < -0.4 is 11.1 Å². The van der Waals surface area contributed by atoms with Crippen molar-refractivity contribution >= 4 is 23.2 Å². The van der Waals surface area contributed by atoms with Crippen molar-refractivity contribution in [2.45, 2.75) is 26.8 Å². The Hall–Kier alpha value is -1.47. The van der Waals surface area contributed by atoms with E-state index >= 15 is 0 Å². The molecule has 6 nitrogen and oxygen atoms in total. The summed E-state index contributed by atoms with van der Waals surface area (Å²) in [5.41, 5.74) is 5.91. The first-order valence-electron chi connectivity index (χ1n) is 5.60. The Morgan fingerprint density at radius 3 is 2.72 bits per heavy atom. The predicted molar refractivity (Wildman–Crippen MR) is 68.5 cm³/mol. The average Bonchev–Trinajstić information content (AvgIpc) is 2.68. The molecule has 4 N–H and O–H groups in total. The summed E-state index contributed by atoms with van der Waals surface area (Å²) in [5, 5.41) is 12.2. The number of aromatic carboxylic acids is 1. The van der Waals surface area contributed by atoms with Crippen LogP contribution in [0.2, 0.25) is 0 Å². The number of hydrogen-bond donors (Lipinski definition) is 3. The SMILES string of the molecule is Cc1nc(CNC(=O)CC(C)CN)sc1C(=O)O. The van der Waals surface area contributed by atoms with Crippen LogP contribution in [0.15, 0.2) is 0 Å². The highest BCUT2D eigenvalue weighted by atomic mass is 32.1. The first kappa shape index (κ1) is 14.6. The number of nitrogens with two attached hydrogens (primary N) is 1. The van der Waals surface area contributed by atoms with Crippen molar-refractivity contribution in [2.75, 3.05) is 6.54 Å². The van der Waals surface area contributed by atoms with E-state index in [0.717, 1.165) is 11.3 Å². The second kappa shape index (κ2) is 6.46. The van der Waals surface area contributed by atoms with E-state index in [4.69, 9.17) is 10.8 Å². The lowest BCUT2D eigenvalue weighted by atomic mass is 10.1. The van der Waals surface area contributed by atoms with Gasteiger partial charge in [-0.15, -0.1) is 11.3 Å². The lowest BCUT2D eigenvalue weighted by Gasteiger charge is -2.07. The molecular weight excluding hydrogens is 254 g/mol. The van der Waals surface area contributed by atoms with Crippen molar-refractivity contribution in [3.8, 4) is 0 Å². The van der Waals surface area contributed by atoms with Gasteiger partial charge in [-0.25, -0.2) is 9.78 Å². The number of nitrogens with one attached hydrogen (secondary N) is 1. The molecule has 1 aromatic heterocycles. The minimum atomic E-state index is -0.987. The largest absolute Gasteiger partial charge is 0.477 e. The number of carboxylic acid groups (broad SMARTS) is 1. The Balaban J connectivity index is 2.51. The second-order valence-corrected chi connectivity index (χ2v) is 5.23. The Morgan fingerprint density at radius 1 is 1.56 bits per heavy atom. The van der Waals surface area contributed by atoms with Gasteiger partial charge in [-0.05, 0) is 19.4 Å². The van der Waals surface area contributed by atoms with Crippen molar-refractivity contribution in [1.29, 1.82) is 0 Å². The summed E-state index contributed by atoms with van der Waals surface area (Å²) < 4.78 is 0. The van der Waals surface area contributed by atoms with Gasteiger partial charge in [-0.3, -0.25) is 4.79 Å². The zero-order valence-electron chi connectivity index (χ0n) is 10.4. The number of amides is 1. The summed E-state index contributed by atoms with van der Waals surface area (Å²) in [5.74, 6) is -0.949. The molecule has 0 aliphatic carbocycles. The zero-order valence-corrected chi connectivity index (χ0v) is 11.2. The molecule has 0 bridgehead atoms. The molecule has 0 spiro atoms. The molecule has 1 rings (SSSR count). The number of aryl methyl sites for hydroxylation is 1. The van der Waals surface area contributed by atoms with Crippen LogP contribution in [0, 0.1) is 12.8 Å². The molecule has 1 heterocycles. The van der Waals surface area contributed by atoms with Crippen LogP contribution in [0.3, 0.4) is 0 Å². The third-order valence-corrected chi connectivity index (χ3v) is 3.55. The van der Waals surface area contributed by atoms with Gasteiger partial charge in [0.05, 0.1) is 12.2 Å². The van der Waals surface area contributed by atoms with Gasteiger partial charge in [0, 0.05) is 6.42 Å². The molecule has 18 heavy (non-hydrogen) atoms. The van der Waals surface area contributed by atoms with Crippen LogP contribution in [0.4, 0.5) is 0 Å². The molecule has 0 radical (unpaired) electrons. The smallest absolute Gasteiger partial charge is 0.347 e. The summed E-state index contributed by atoms with van der Waals surface area (Å²) >= 11 is 1.08. The van der Waals surface area contributed by atoms with Crippen molar-refractivity contribution in [3.05, 3.63) is 15.6 Å². The van der Waals surface area contributed by atoms with Gasteiger partial charge in [-0.2, -0.15) is 0 Å². The molecule has 0 aliphatic rings. The minimum Gasteiger partial charge on any atom is -0.477 e. The van der Waals surface area contributed by atoms with Gasteiger partial charge in [0.25, 0.3) is 0 Å². The monoisotopic (exact) mass is 271 g/mol. The number of carbonyl (C=O) groups excluding carboxylic acids is 1. The summed E-state index contributed by atoms with van der Waals surface area (Å²) in [6.07, 6.45) is 0.368. The number of thiazole rings is 1. The summed E-state index contributed by atoms with van der Waals surface area (Å²) in [4.78, 5) is 26.7. The standard InChI is InChI=1S/C11H17N3O3S/c1-6(4-12)3-8(15)13-5-9-14-7(2)10(18-9)11(16)17/h6H,3-5,12H2,1-2H3,(H,13,15)(H,16,17). The maximum Gasteiger partial charge on any atom is 0.347 e.